The molecule has 7 heteroatoms. The summed E-state index contributed by atoms with van der Waals surface area (Å²) in [6.07, 6.45) is -0.217. The third-order valence-electron chi connectivity index (χ3n) is 2.21. The lowest BCUT2D eigenvalue weighted by molar-refractivity contribution is 0.0249. The maximum absolute atomic E-state index is 12.0. The summed E-state index contributed by atoms with van der Waals surface area (Å²) in [6, 6.07) is 0. The highest BCUT2D eigenvalue weighted by molar-refractivity contribution is 5.69. The molecule has 0 radical (unpaired) electrons. The first-order valence-corrected chi connectivity index (χ1v) is 6.88. The number of hydrogen-bond acceptors (Lipinski definition) is 5. The second-order valence-electron chi connectivity index (χ2n) is 5.26. The molecule has 20 heavy (non-hydrogen) atoms. The van der Waals surface area contributed by atoms with Crippen molar-refractivity contribution in [2.24, 2.45) is 5.73 Å². The number of carbonyl (C=O) groups is 2. The Labute approximate surface area is 120 Å². The van der Waals surface area contributed by atoms with E-state index in [0.29, 0.717) is 39.2 Å². The van der Waals surface area contributed by atoms with Crippen LogP contribution < -0.4 is 11.1 Å². The van der Waals surface area contributed by atoms with Crippen molar-refractivity contribution in [3.63, 3.8) is 0 Å². The van der Waals surface area contributed by atoms with Crippen molar-refractivity contribution in [2.45, 2.75) is 39.7 Å². The number of alkyl carbamates (subject to hydrolysis) is 1. The molecule has 0 bridgehead atoms. The first kappa shape index (κ1) is 18.5. The highest BCUT2D eigenvalue weighted by Crippen LogP contribution is 2.09. The van der Waals surface area contributed by atoms with Gasteiger partial charge < -0.3 is 25.4 Å². The molecule has 0 aliphatic heterocycles. The number of nitrogens with zero attached hydrogens (tertiary/aromatic N) is 1. The highest BCUT2D eigenvalue weighted by Gasteiger charge is 2.21. The van der Waals surface area contributed by atoms with Gasteiger partial charge in [-0.05, 0) is 40.7 Å². The van der Waals surface area contributed by atoms with Crippen molar-refractivity contribution < 1.29 is 19.1 Å². The summed E-state index contributed by atoms with van der Waals surface area (Å²) in [5.74, 6) is 0. The predicted octanol–water partition coefficient (Wildman–Crippen LogP) is 1.32. The van der Waals surface area contributed by atoms with E-state index in [0.717, 1.165) is 0 Å². The average molecular weight is 289 g/mol. The Hall–Kier alpha value is -1.50. The molecule has 0 atom stereocenters. The molecule has 0 aliphatic carbocycles. The summed E-state index contributed by atoms with van der Waals surface area (Å²) in [5.41, 5.74) is 4.90. The summed E-state index contributed by atoms with van der Waals surface area (Å²) in [5, 5.41) is 2.57. The Morgan fingerprint density at radius 2 is 1.90 bits per heavy atom. The van der Waals surface area contributed by atoms with Crippen molar-refractivity contribution >= 4 is 12.2 Å². The quantitative estimate of drug-likeness (QED) is 0.737. The molecule has 0 rings (SSSR count). The van der Waals surface area contributed by atoms with Gasteiger partial charge in [-0.1, -0.05) is 0 Å². The summed E-state index contributed by atoms with van der Waals surface area (Å²) in [7, 11) is 0. The Morgan fingerprint density at radius 3 is 2.40 bits per heavy atom. The lowest BCUT2D eigenvalue weighted by Crippen LogP contribution is -2.42. The lowest BCUT2D eigenvalue weighted by Gasteiger charge is -2.27. The molecule has 0 saturated heterocycles. The van der Waals surface area contributed by atoms with Crippen LogP contribution in [0.4, 0.5) is 9.59 Å². The van der Waals surface area contributed by atoms with Crippen LogP contribution in [0, 0.1) is 0 Å². The minimum atomic E-state index is -0.549. The third-order valence-corrected chi connectivity index (χ3v) is 2.21. The largest absolute Gasteiger partial charge is 0.450 e. The third kappa shape index (κ3) is 9.43. The Morgan fingerprint density at radius 1 is 1.25 bits per heavy atom. The molecule has 0 aromatic carbocycles. The zero-order valence-electron chi connectivity index (χ0n) is 12.9. The van der Waals surface area contributed by atoms with E-state index in [2.05, 4.69) is 5.32 Å². The standard InChI is InChI=1S/C13H27N3O4/c1-5-19-11(17)15-8-10-16(9-6-7-14)12(18)20-13(2,3)4/h5-10,14H2,1-4H3,(H,15,17). The molecule has 0 aliphatic rings. The van der Waals surface area contributed by atoms with Gasteiger partial charge in [0.25, 0.3) is 0 Å². The minimum absolute atomic E-state index is 0.308. The van der Waals surface area contributed by atoms with Crippen molar-refractivity contribution in [3.05, 3.63) is 0 Å². The number of carbonyl (C=O) groups excluding carboxylic acids is 2. The number of nitrogens with two attached hydrogens (primary N) is 1. The van der Waals surface area contributed by atoms with Crippen LogP contribution in [0.25, 0.3) is 0 Å². The van der Waals surface area contributed by atoms with E-state index in [9.17, 15) is 9.59 Å². The van der Waals surface area contributed by atoms with Crippen LogP contribution in [0.15, 0.2) is 0 Å². The fourth-order valence-electron chi connectivity index (χ4n) is 1.38. The maximum Gasteiger partial charge on any atom is 0.410 e. The van der Waals surface area contributed by atoms with Gasteiger partial charge in [0, 0.05) is 19.6 Å². The van der Waals surface area contributed by atoms with E-state index >= 15 is 0 Å². The van der Waals surface area contributed by atoms with Crippen LogP contribution in [0.5, 0.6) is 0 Å². The fourth-order valence-corrected chi connectivity index (χ4v) is 1.38. The Bertz CT molecular complexity index is 302. The molecule has 0 aromatic heterocycles. The van der Waals surface area contributed by atoms with Gasteiger partial charge >= 0.3 is 12.2 Å². The van der Waals surface area contributed by atoms with Gasteiger partial charge in [-0.2, -0.15) is 0 Å². The molecule has 0 aromatic rings. The number of nitrogens with one attached hydrogen (secondary N) is 1. The van der Waals surface area contributed by atoms with E-state index in [1.807, 2.05) is 20.8 Å². The number of rotatable bonds is 7. The molecule has 0 unspecified atom stereocenters. The maximum atomic E-state index is 12.0. The predicted molar refractivity (Wildman–Crippen MR) is 76.5 cm³/mol. The molecule has 0 fully saturated rings. The van der Waals surface area contributed by atoms with E-state index in [1.54, 1.807) is 6.92 Å². The van der Waals surface area contributed by atoms with Gasteiger partial charge in [0.1, 0.15) is 5.60 Å². The summed E-state index contributed by atoms with van der Waals surface area (Å²) < 4.78 is 10.0. The van der Waals surface area contributed by atoms with Crippen molar-refractivity contribution in [3.8, 4) is 0 Å². The van der Waals surface area contributed by atoms with Crippen LogP contribution >= 0.6 is 0 Å². The van der Waals surface area contributed by atoms with Crippen LogP contribution in [0.2, 0.25) is 0 Å². The van der Waals surface area contributed by atoms with Crippen LogP contribution in [-0.4, -0.2) is 55.5 Å². The molecule has 0 saturated carbocycles. The van der Waals surface area contributed by atoms with Gasteiger partial charge in [0.15, 0.2) is 0 Å². The minimum Gasteiger partial charge on any atom is -0.450 e. The van der Waals surface area contributed by atoms with E-state index in [1.165, 1.54) is 4.90 Å². The molecule has 2 amide bonds. The van der Waals surface area contributed by atoms with E-state index in [-0.39, 0.29) is 0 Å². The zero-order valence-corrected chi connectivity index (χ0v) is 12.9. The molecule has 7 nitrogen and oxygen atoms in total. The van der Waals surface area contributed by atoms with E-state index < -0.39 is 17.8 Å². The monoisotopic (exact) mass is 289 g/mol. The summed E-state index contributed by atoms with van der Waals surface area (Å²) in [4.78, 5) is 24.7. The highest BCUT2D eigenvalue weighted by atomic mass is 16.6. The number of amides is 2. The summed E-state index contributed by atoms with van der Waals surface area (Å²) >= 11 is 0. The molecule has 118 valence electrons. The first-order valence-electron chi connectivity index (χ1n) is 6.88. The van der Waals surface area contributed by atoms with Gasteiger partial charge in [-0.25, -0.2) is 9.59 Å². The smallest absolute Gasteiger partial charge is 0.410 e. The first-order chi connectivity index (χ1) is 9.30. The molecule has 3 N–H and O–H groups in total. The summed E-state index contributed by atoms with van der Waals surface area (Å²) in [6.45, 7) is 9.12. The fraction of sp³-hybridized carbons (Fsp3) is 0.846. The van der Waals surface area contributed by atoms with Crippen LogP contribution in [0.3, 0.4) is 0 Å². The van der Waals surface area contributed by atoms with Crippen molar-refractivity contribution in [1.29, 1.82) is 0 Å². The van der Waals surface area contributed by atoms with Crippen molar-refractivity contribution in [1.82, 2.24) is 10.2 Å². The van der Waals surface area contributed by atoms with Gasteiger partial charge in [0.05, 0.1) is 6.61 Å². The van der Waals surface area contributed by atoms with Gasteiger partial charge in [0.2, 0.25) is 0 Å². The number of ether oxygens (including phenoxy) is 2. The van der Waals surface area contributed by atoms with Crippen molar-refractivity contribution in [2.75, 3.05) is 32.8 Å². The number of hydrogen-bond donors (Lipinski definition) is 2. The second-order valence-corrected chi connectivity index (χ2v) is 5.26. The van der Waals surface area contributed by atoms with Gasteiger partial charge in [-0.15, -0.1) is 0 Å². The molecular formula is C13H27N3O4. The lowest BCUT2D eigenvalue weighted by atomic mass is 10.2. The molecule has 0 heterocycles. The Balaban J connectivity index is 4.27. The van der Waals surface area contributed by atoms with Gasteiger partial charge in [-0.3, -0.25) is 0 Å². The van der Waals surface area contributed by atoms with Crippen LogP contribution in [0.1, 0.15) is 34.1 Å². The van der Waals surface area contributed by atoms with E-state index in [4.69, 9.17) is 15.2 Å². The SMILES string of the molecule is CCOC(=O)NCCN(CCCN)C(=O)OC(C)(C)C. The topological polar surface area (TPSA) is 93.9 Å². The second kappa shape index (κ2) is 9.41. The Kier molecular flexibility index (Phi) is 8.71. The molecule has 0 spiro atoms. The zero-order chi connectivity index (χ0) is 15.6. The van der Waals surface area contributed by atoms with Crippen LogP contribution in [-0.2, 0) is 9.47 Å². The average Bonchev–Trinajstić information content (AvgIpc) is 2.31. The molecular weight excluding hydrogens is 262 g/mol. The normalized spacial score (nSPS) is 10.8.